The minimum absolute atomic E-state index is 0.204. The van der Waals surface area contributed by atoms with Crippen molar-refractivity contribution >= 4 is 10.9 Å². The quantitative estimate of drug-likeness (QED) is 0.613. The molecule has 0 aliphatic carbocycles. The molecule has 0 N–H and O–H groups in total. The Labute approximate surface area is 105 Å². The zero-order valence-corrected chi connectivity index (χ0v) is 10.0. The molecule has 0 amide bonds. The fourth-order valence-corrected chi connectivity index (χ4v) is 2.25. The summed E-state index contributed by atoms with van der Waals surface area (Å²) in [6.07, 6.45) is 1.78. The first-order chi connectivity index (χ1) is 8.75. The van der Waals surface area contributed by atoms with Gasteiger partial charge in [0.05, 0.1) is 5.52 Å². The van der Waals surface area contributed by atoms with Gasteiger partial charge in [-0.2, -0.15) is 0 Å². The van der Waals surface area contributed by atoms with E-state index < -0.39 is 0 Å². The molecule has 1 heterocycles. The van der Waals surface area contributed by atoms with E-state index in [9.17, 15) is 4.39 Å². The van der Waals surface area contributed by atoms with E-state index in [1.54, 1.807) is 12.3 Å². The summed E-state index contributed by atoms with van der Waals surface area (Å²) in [5.41, 5.74) is 3.95. The van der Waals surface area contributed by atoms with Gasteiger partial charge in [-0.25, -0.2) is 4.39 Å². The number of fused-ring (bicyclic) bond motifs is 1. The number of para-hydroxylation sites is 1. The molecule has 18 heavy (non-hydrogen) atoms. The molecule has 3 aromatic rings. The van der Waals surface area contributed by atoms with Gasteiger partial charge in [0.2, 0.25) is 0 Å². The standard InChI is InChI=1S/C16H12FN/c1-11-10-13(17)7-8-14(11)15-6-2-4-12-5-3-9-18-16(12)15/h2-10H,1H3. The van der Waals surface area contributed by atoms with E-state index in [1.807, 2.05) is 43.3 Å². The van der Waals surface area contributed by atoms with Crippen molar-refractivity contribution in [3.05, 3.63) is 66.1 Å². The highest BCUT2D eigenvalue weighted by Crippen LogP contribution is 2.29. The zero-order valence-electron chi connectivity index (χ0n) is 10.0. The third-order valence-corrected chi connectivity index (χ3v) is 3.11. The lowest BCUT2D eigenvalue weighted by atomic mass is 9.98. The van der Waals surface area contributed by atoms with Gasteiger partial charge in [-0.15, -0.1) is 0 Å². The summed E-state index contributed by atoms with van der Waals surface area (Å²) < 4.78 is 13.2. The van der Waals surface area contributed by atoms with Gasteiger partial charge in [0.15, 0.2) is 0 Å². The Hall–Kier alpha value is -2.22. The van der Waals surface area contributed by atoms with Crippen LogP contribution in [0.2, 0.25) is 0 Å². The summed E-state index contributed by atoms with van der Waals surface area (Å²) in [6.45, 7) is 1.92. The van der Waals surface area contributed by atoms with Crippen molar-refractivity contribution in [1.29, 1.82) is 0 Å². The molecule has 0 aliphatic heterocycles. The highest BCUT2D eigenvalue weighted by Gasteiger charge is 2.07. The summed E-state index contributed by atoms with van der Waals surface area (Å²) in [7, 11) is 0. The molecule has 0 unspecified atom stereocenters. The molecule has 0 bridgehead atoms. The maximum Gasteiger partial charge on any atom is 0.123 e. The van der Waals surface area contributed by atoms with Gasteiger partial charge in [-0.3, -0.25) is 4.98 Å². The van der Waals surface area contributed by atoms with Crippen LogP contribution in [0.25, 0.3) is 22.0 Å². The Kier molecular flexibility index (Phi) is 2.56. The molecule has 1 nitrogen and oxygen atoms in total. The molecule has 88 valence electrons. The van der Waals surface area contributed by atoms with Crippen molar-refractivity contribution in [3.63, 3.8) is 0 Å². The summed E-state index contributed by atoms with van der Waals surface area (Å²) >= 11 is 0. The van der Waals surface area contributed by atoms with Gasteiger partial charge in [0, 0.05) is 17.1 Å². The topological polar surface area (TPSA) is 12.9 Å². The molecule has 2 heteroatoms. The third-order valence-electron chi connectivity index (χ3n) is 3.11. The van der Waals surface area contributed by atoms with Crippen molar-refractivity contribution in [1.82, 2.24) is 4.98 Å². The lowest BCUT2D eigenvalue weighted by Gasteiger charge is -2.08. The van der Waals surface area contributed by atoms with E-state index in [4.69, 9.17) is 0 Å². The van der Waals surface area contributed by atoms with Crippen molar-refractivity contribution < 1.29 is 4.39 Å². The molecular weight excluding hydrogens is 225 g/mol. The molecule has 0 radical (unpaired) electrons. The second-order valence-corrected chi connectivity index (χ2v) is 4.34. The van der Waals surface area contributed by atoms with E-state index in [1.165, 1.54) is 6.07 Å². The predicted octanol–water partition coefficient (Wildman–Crippen LogP) is 4.35. The smallest absolute Gasteiger partial charge is 0.123 e. The number of pyridine rings is 1. The number of aryl methyl sites for hydroxylation is 1. The van der Waals surface area contributed by atoms with Crippen LogP contribution < -0.4 is 0 Å². The average Bonchev–Trinajstić information content (AvgIpc) is 2.38. The van der Waals surface area contributed by atoms with Crippen molar-refractivity contribution in [3.8, 4) is 11.1 Å². The lowest BCUT2D eigenvalue weighted by molar-refractivity contribution is 0.627. The number of benzene rings is 2. The first-order valence-corrected chi connectivity index (χ1v) is 5.86. The number of hydrogen-bond acceptors (Lipinski definition) is 1. The number of aromatic nitrogens is 1. The first kappa shape index (κ1) is 10.9. The van der Waals surface area contributed by atoms with Crippen LogP contribution in [0, 0.1) is 12.7 Å². The maximum atomic E-state index is 13.2. The minimum Gasteiger partial charge on any atom is -0.256 e. The molecule has 0 saturated heterocycles. The lowest BCUT2D eigenvalue weighted by Crippen LogP contribution is -1.88. The first-order valence-electron chi connectivity index (χ1n) is 5.86. The van der Waals surface area contributed by atoms with Crippen LogP contribution in [0.15, 0.2) is 54.7 Å². The minimum atomic E-state index is -0.204. The van der Waals surface area contributed by atoms with Gasteiger partial charge in [0.25, 0.3) is 0 Å². The number of halogens is 1. The van der Waals surface area contributed by atoms with Crippen LogP contribution in [0.3, 0.4) is 0 Å². The average molecular weight is 237 g/mol. The van der Waals surface area contributed by atoms with E-state index in [0.717, 1.165) is 27.6 Å². The molecule has 2 aromatic carbocycles. The van der Waals surface area contributed by atoms with Gasteiger partial charge >= 0.3 is 0 Å². The van der Waals surface area contributed by atoms with Crippen LogP contribution in [0.5, 0.6) is 0 Å². The normalized spacial score (nSPS) is 10.8. The van der Waals surface area contributed by atoms with Crippen LogP contribution in [-0.4, -0.2) is 4.98 Å². The summed E-state index contributed by atoms with van der Waals surface area (Å²) in [5, 5.41) is 1.10. The van der Waals surface area contributed by atoms with Crippen LogP contribution >= 0.6 is 0 Å². The van der Waals surface area contributed by atoms with Crippen LogP contribution in [0.4, 0.5) is 4.39 Å². The predicted molar refractivity (Wildman–Crippen MR) is 71.9 cm³/mol. The Balaban J connectivity index is 2.31. The van der Waals surface area contributed by atoms with E-state index >= 15 is 0 Å². The molecule has 0 spiro atoms. The molecule has 0 fully saturated rings. The monoisotopic (exact) mass is 237 g/mol. The third kappa shape index (κ3) is 1.76. The van der Waals surface area contributed by atoms with Crippen molar-refractivity contribution in [2.45, 2.75) is 6.92 Å². The molecule has 3 rings (SSSR count). The summed E-state index contributed by atoms with van der Waals surface area (Å²) in [6, 6.07) is 14.9. The Morgan fingerprint density at radius 1 is 0.944 bits per heavy atom. The maximum absolute atomic E-state index is 13.2. The van der Waals surface area contributed by atoms with Gasteiger partial charge in [-0.1, -0.05) is 30.3 Å². The van der Waals surface area contributed by atoms with Gasteiger partial charge in [-0.05, 0) is 36.2 Å². The number of nitrogens with zero attached hydrogens (tertiary/aromatic N) is 1. The largest absolute Gasteiger partial charge is 0.256 e. The van der Waals surface area contributed by atoms with Crippen molar-refractivity contribution in [2.24, 2.45) is 0 Å². The highest BCUT2D eigenvalue weighted by atomic mass is 19.1. The zero-order chi connectivity index (χ0) is 12.5. The van der Waals surface area contributed by atoms with E-state index in [-0.39, 0.29) is 5.82 Å². The molecule has 1 aromatic heterocycles. The second-order valence-electron chi connectivity index (χ2n) is 4.34. The fraction of sp³-hybridized carbons (Fsp3) is 0.0625. The Morgan fingerprint density at radius 2 is 1.78 bits per heavy atom. The van der Waals surface area contributed by atoms with Crippen LogP contribution in [-0.2, 0) is 0 Å². The fourth-order valence-electron chi connectivity index (χ4n) is 2.25. The molecular formula is C16H12FN. The molecule has 0 aliphatic rings. The SMILES string of the molecule is Cc1cc(F)ccc1-c1cccc2cccnc12. The van der Waals surface area contributed by atoms with E-state index in [2.05, 4.69) is 4.98 Å². The van der Waals surface area contributed by atoms with Crippen LogP contribution in [0.1, 0.15) is 5.56 Å². The number of hydrogen-bond donors (Lipinski definition) is 0. The van der Waals surface area contributed by atoms with Crippen molar-refractivity contribution in [2.75, 3.05) is 0 Å². The van der Waals surface area contributed by atoms with Gasteiger partial charge in [0.1, 0.15) is 5.82 Å². The summed E-state index contributed by atoms with van der Waals surface area (Å²) in [5.74, 6) is -0.204. The Morgan fingerprint density at radius 3 is 2.61 bits per heavy atom. The highest BCUT2D eigenvalue weighted by molar-refractivity contribution is 5.94. The molecule has 0 atom stereocenters. The molecule has 0 saturated carbocycles. The summed E-state index contributed by atoms with van der Waals surface area (Å²) in [4.78, 5) is 4.43. The van der Waals surface area contributed by atoms with Gasteiger partial charge < -0.3 is 0 Å². The van der Waals surface area contributed by atoms with E-state index in [0.29, 0.717) is 0 Å². The number of rotatable bonds is 1. The second kappa shape index (κ2) is 4.22. The Bertz CT molecular complexity index is 714.